The Kier molecular flexibility index (Phi) is 8.35. The van der Waals surface area contributed by atoms with E-state index < -0.39 is 11.6 Å². The summed E-state index contributed by atoms with van der Waals surface area (Å²) in [5.74, 6) is -0.254. The van der Waals surface area contributed by atoms with Gasteiger partial charge in [-0.3, -0.25) is 4.79 Å². The lowest BCUT2D eigenvalue weighted by Gasteiger charge is -2.30. The number of amides is 1. The minimum absolute atomic E-state index is 0.145. The zero-order valence-electron chi connectivity index (χ0n) is 15.1. The summed E-state index contributed by atoms with van der Waals surface area (Å²) in [5.41, 5.74) is 5.80. The van der Waals surface area contributed by atoms with Crippen LogP contribution in [0.15, 0.2) is 30.3 Å². The van der Waals surface area contributed by atoms with Crippen molar-refractivity contribution in [3.63, 3.8) is 0 Å². The van der Waals surface area contributed by atoms with Gasteiger partial charge in [-0.2, -0.15) is 0 Å². The molecule has 0 aliphatic rings. The molecule has 2 atom stereocenters. The smallest absolute Gasteiger partial charge is 0.246 e. The quantitative estimate of drug-likeness (QED) is 0.625. The summed E-state index contributed by atoms with van der Waals surface area (Å²) in [6.07, 6.45) is -0.618. The highest BCUT2D eigenvalue weighted by molar-refractivity contribution is 5.86. The summed E-state index contributed by atoms with van der Waals surface area (Å²) in [5, 5.41) is 10.0. The maximum Gasteiger partial charge on any atom is 0.246 e. The van der Waals surface area contributed by atoms with Crippen LogP contribution in [0.4, 0.5) is 0 Å². The zero-order chi connectivity index (χ0) is 18.2. The van der Waals surface area contributed by atoms with E-state index in [4.69, 9.17) is 15.2 Å². The van der Waals surface area contributed by atoms with Crippen molar-refractivity contribution in [3.05, 3.63) is 35.9 Å². The molecule has 2 unspecified atom stereocenters. The molecule has 0 fully saturated rings. The summed E-state index contributed by atoms with van der Waals surface area (Å²) < 4.78 is 10.7. The number of aliphatic hydroxyl groups is 1. The Morgan fingerprint density at radius 1 is 1.29 bits per heavy atom. The van der Waals surface area contributed by atoms with Gasteiger partial charge in [0.05, 0.1) is 32.0 Å². The van der Waals surface area contributed by atoms with E-state index in [1.54, 1.807) is 14.0 Å². The number of ether oxygens (including phenoxy) is 2. The van der Waals surface area contributed by atoms with E-state index in [-0.39, 0.29) is 25.2 Å². The third-order valence-electron chi connectivity index (χ3n) is 3.64. The largest absolute Gasteiger partial charge is 0.389 e. The number of likely N-dealkylation sites (N-methyl/N-ethyl adjacent to an activating group) is 1. The molecule has 24 heavy (non-hydrogen) atoms. The number of benzene rings is 1. The van der Waals surface area contributed by atoms with E-state index in [2.05, 4.69) is 0 Å². The predicted octanol–water partition coefficient (Wildman–Crippen LogP) is 1.12. The van der Waals surface area contributed by atoms with Crippen molar-refractivity contribution in [1.29, 1.82) is 0 Å². The van der Waals surface area contributed by atoms with Crippen LogP contribution in [0.25, 0.3) is 0 Å². The molecule has 0 spiro atoms. The lowest BCUT2D eigenvalue weighted by molar-refractivity contribution is -0.137. The second-order valence-electron chi connectivity index (χ2n) is 6.40. The molecule has 0 aliphatic heterocycles. The van der Waals surface area contributed by atoms with Crippen molar-refractivity contribution in [2.45, 2.75) is 38.5 Å². The molecule has 0 saturated heterocycles. The lowest BCUT2D eigenvalue weighted by Crippen LogP contribution is -2.51. The zero-order valence-corrected chi connectivity index (χ0v) is 15.1. The van der Waals surface area contributed by atoms with Gasteiger partial charge < -0.3 is 25.2 Å². The third-order valence-corrected chi connectivity index (χ3v) is 3.64. The average Bonchev–Trinajstić information content (AvgIpc) is 2.54. The number of hydrogen-bond acceptors (Lipinski definition) is 5. The molecule has 0 heterocycles. The van der Waals surface area contributed by atoms with Crippen LogP contribution in [0.5, 0.6) is 0 Å². The predicted molar refractivity (Wildman–Crippen MR) is 93.5 cm³/mol. The molecule has 1 aromatic rings. The van der Waals surface area contributed by atoms with E-state index >= 15 is 0 Å². The Morgan fingerprint density at radius 2 is 1.92 bits per heavy atom. The molecule has 0 aromatic heterocycles. The molecule has 3 N–H and O–H groups in total. The van der Waals surface area contributed by atoms with Gasteiger partial charge in [-0.1, -0.05) is 30.3 Å². The van der Waals surface area contributed by atoms with Crippen LogP contribution in [0.3, 0.4) is 0 Å². The van der Waals surface area contributed by atoms with Crippen LogP contribution in [-0.4, -0.2) is 61.5 Å². The van der Waals surface area contributed by atoms with E-state index in [0.717, 1.165) is 5.56 Å². The number of carbonyl (C=O) groups is 1. The molecule has 0 saturated carbocycles. The van der Waals surface area contributed by atoms with Crippen LogP contribution in [-0.2, 0) is 19.8 Å². The first-order valence-electron chi connectivity index (χ1n) is 8.22. The third kappa shape index (κ3) is 6.57. The van der Waals surface area contributed by atoms with Crippen LogP contribution in [0, 0.1) is 0 Å². The highest BCUT2D eigenvalue weighted by atomic mass is 16.5. The molecule has 1 rings (SSSR count). The van der Waals surface area contributed by atoms with Crippen LogP contribution < -0.4 is 5.73 Å². The minimum Gasteiger partial charge on any atom is -0.389 e. The molecule has 1 amide bonds. The fourth-order valence-corrected chi connectivity index (χ4v) is 2.32. The van der Waals surface area contributed by atoms with Gasteiger partial charge in [-0.25, -0.2) is 0 Å². The van der Waals surface area contributed by atoms with Gasteiger partial charge in [0.15, 0.2) is 0 Å². The fourth-order valence-electron chi connectivity index (χ4n) is 2.32. The maximum absolute atomic E-state index is 12.6. The number of hydrogen-bond donors (Lipinski definition) is 2. The van der Waals surface area contributed by atoms with Crippen LogP contribution in [0.2, 0.25) is 0 Å². The Morgan fingerprint density at radius 3 is 2.50 bits per heavy atom. The van der Waals surface area contributed by atoms with Gasteiger partial charge in [-0.05, 0) is 26.3 Å². The van der Waals surface area contributed by atoms with Crippen molar-refractivity contribution < 1.29 is 19.4 Å². The van der Waals surface area contributed by atoms with E-state index in [1.807, 2.05) is 44.2 Å². The molecular weight excluding hydrogens is 308 g/mol. The molecule has 0 radical (unpaired) electrons. The average molecular weight is 338 g/mol. The second kappa shape index (κ2) is 9.74. The monoisotopic (exact) mass is 338 g/mol. The van der Waals surface area contributed by atoms with Gasteiger partial charge in [0.2, 0.25) is 5.91 Å². The summed E-state index contributed by atoms with van der Waals surface area (Å²) in [6.45, 7) is 6.76. The van der Waals surface area contributed by atoms with E-state index in [9.17, 15) is 9.90 Å². The maximum atomic E-state index is 12.6. The first-order chi connectivity index (χ1) is 11.2. The highest BCUT2D eigenvalue weighted by Crippen LogP contribution is 2.19. The Balaban J connectivity index is 2.43. The molecule has 0 bridgehead atoms. The summed E-state index contributed by atoms with van der Waals surface area (Å²) in [6, 6.07) is 9.20. The lowest BCUT2D eigenvalue weighted by atomic mass is 9.91. The molecule has 1 aromatic carbocycles. The van der Waals surface area contributed by atoms with Crippen molar-refractivity contribution >= 4 is 5.91 Å². The standard InChI is InChI=1S/C18H30N2O4/c1-14(2)24-11-10-23-13-16(21)12-20(4)17(22)18(3,19)15-8-6-5-7-9-15/h5-9,14,16,21H,10-13,19H2,1-4H3. The summed E-state index contributed by atoms with van der Waals surface area (Å²) in [4.78, 5) is 14.0. The van der Waals surface area contributed by atoms with E-state index in [1.165, 1.54) is 4.90 Å². The first-order valence-corrected chi connectivity index (χ1v) is 8.22. The topological polar surface area (TPSA) is 85.0 Å². The molecule has 6 nitrogen and oxygen atoms in total. The van der Waals surface area contributed by atoms with Crippen molar-refractivity contribution in [2.24, 2.45) is 5.73 Å². The minimum atomic E-state index is -1.14. The molecule has 0 aliphatic carbocycles. The fraction of sp³-hybridized carbons (Fsp3) is 0.611. The Bertz CT molecular complexity index is 491. The normalized spacial score (nSPS) is 15.1. The van der Waals surface area contributed by atoms with Crippen LogP contribution in [0.1, 0.15) is 26.3 Å². The van der Waals surface area contributed by atoms with Crippen molar-refractivity contribution in [3.8, 4) is 0 Å². The molecule has 6 heteroatoms. The number of nitrogens with zero attached hydrogens (tertiary/aromatic N) is 1. The van der Waals surface area contributed by atoms with Gasteiger partial charge in [0.1, 0.15) is 5.54 Å². The van der Waals surface area contributed by atoms with Crippen molar-refractivity contribution in [2.75, 3.05) is 33.4 Å². The second-order valence-corrected chi connectivity index (χ2v) is 6.40. The highest BCUT2D eigenvalue weighted by Gasteiger charge is 2.33. The summed E-state index contributed by atoms with van der Waals surface area (Å²) >= 11 is 0. The van der Waals surface area contributed by atoms with E-state index in [0.29, 0.717) is 13.2 Å². The van der Waals surface area contributed by atoms with Crippen LogP contribution >= 0.6 is 0 Å². The van der Waals surface area contributed by atoms with Gasteiger partial charge in [0.25, 0.3) is 0 Å². The number of rotatable bonds is 10. The summed E-state index contributed by atoms with van der Waals surface area (Å²) in [7, 11) is 1.63. The Labute approximate surface area is 144 Å². The van der Waals surface area contributed by atoms with Gasteiger partial charge >= 0.3 is 0 Å². The number of nitrogens with two attached hydrogens (primary N) is 1. The number of aliphatic hydroxyl groups excluding tert-OH is 1. The SMILES string of the molecule is CC(C)OCCOCC(O)CN(C)C(=O)C(C)(N)c1ccccc1. The molecular formula is C18H30N2O4. The van der Waals surface area contributed by atoms with Gasteiger partial charge in [0, 0.05) is 13.6 Å². The van der Waals surface area contributed by atoms with Crippen molar-refractivity contribution in [1.82, 2.24) is 4.90 Å². The molecule has 136 valence electrons. The van der Waals surface area contributed by atoms with Gasteiger partial charge in [-0.15, -0.1) is 0 Å². The first kappa shape index (κ1) is 20.6. The Hall–Kier alpha value is -1.47. The number of carbonyl (C=O) groups excluding carboxylic acids is 1.